The van der Waals surface area contributed by atoms with Gasteiger partial charge in [-0.3, -0.25) is 9.69 Å². The minimum absolute atomic E-state index is 0.0340. The third kappa shape index (κ3) is 6.20. The number of rotatable bonds is 9. The number of ether oxygens (including phenoxy) is 2. The molecule has 1 heterocycles. The predicted octanol–water partition coefficient (Wildman–Crippen LogP) is 4.15. The lowest BCUT2D eigenvalue weighted by Crippen LogP contribution is -2.42. The van der Waals surface area contributed by atoms with Gasteiger partial charge >= 0.3 is 0 Å². The summed E-state index contributed by atoms with van der Waals surface area (Å²) in [5.74, 6) is 1.24. The number of nitrogens with one attached hydrogen (secondary N) is 1. The van der Waals surface area contributed by atoms with Crippen LogP contribution >= 0.6 is 0 Å². The highest BCUT2D eigenvalue weighted by molar-refractivity contribution is 5.79. The lowest BCUT2D eigenvalue weighted by Gasteiger charge is -2.32. The Hall–Kier alpha value is -2.60. The molecule has 1 atom stereocenters. The molecule has 2 aromatic rings. The first-order valence-corrected chi connectivity index (χ1v) is 10.7. The number of carbonyl (C=O) groups is 1. The zero-order valence-corrected chi connectivity index (χ0v) is 17.8. The third-order valence-corrected chi connectivity index (χ3v) is 5.27. The largest absolute Gasteiger partial charge is 0.490 e. The molecule has 1 N–H and O–H groups in total. The van der Waals surface area contributed by atoms with E-state index in [4.69, 9.17) is 9.47 Å². The second-order valence-electron chi connectivity index (χ2n) is 7.57. The lowest BCUT2D eigenvalue weighted by atomic mass is 9.96. The van der Waals surface area contributed by atoms with E-state index in [0.29, 0.717) is 25.5 Å². The maximum absolute atomic E-state index is 13.1. The Kier molecular flexibility index (Phi) is 8.08. The molecule has 0 unspecified atom stereocenters. The van der Waals surface area contributed by atoms with Gasteiger partial charge in [0.05, 0.1) is 19.1 Å². The van der Waals surface area contributed by atoms with E-state index in [9.17, 15) is 9.18 Å². The molecule has 3 rings (SSSR count). The summed E-state index contributed by atoms with van der Waals surface area (Å²) < 4.78 is 24.4. The fraction of sp³-hybridized carbons (Fsp3) is 0.458. The molecule has 1 aliphatic rings. The molecule has 1 fully saturated rings. The van der Waals surface area contributed by atoms with Crippen LogP contribution in [-0.4, -0.2) is 37.1 Å². The van der Waals surface area contributed by atoms with Crippen LogP contribution in [-0.2, 0) is 17.9 Å². The molecule has 0 radical (unpaired) electrons. The molecule has 1 saturated heterocycles. The maximum atomic E-state index is 13.1. The highest BCUT2D eigenvalue weighted by atomic mass is 19.1. The maximum Gasteiger partial charge on any atom is 0.224 e. The van der Waals surface area contributed by atoms with E-state index in [1.54, 1.807) is 12.1 Å². The van der Waals surface area contributed by atoms with Crippen molar-refractivity contribution in [2.75, 3.05) is 26.3 Å². The van der Waals surface area contributed by atoms with Gasteiger partial charge in [0.25, 0.3) is 0 Å². The van der Waals surface area contributed by atoms with E-state index in [-0.39, 0.29) is 17.6 Å². The van der Waals surface area contributed by atoms with Crippen LogP contribution < -0.4 is 14.8 Å². The van der Waals surface area contributed by atoms with Crippen LogP contribution in [0.15, 0.2) is 42.5 Å². The van der Waals surface area contributed by atoms with Crippen molar-refractivity contribution in [1.82, 2.24) is 10.2 Å². The molecular formula is C24H31FN2O3. The Balaban J connectivity index is 1.53. The molecule has 162 valence electrons. The average Bonchev–Trinajstić information content (AvgIpc) is 2.76. The predicted molar refractivity (Wildman–Crippen MR) is 115 cm³/mol. The molecule has 6 heteroatoms. The number of likely N-dealkylation sites (tertiary alicyclic amines) is 1. The number of hydrogen-bond donors (Lipinski definition) is 1. The minimum Gasteiger partial charge on any atom is -0.490 e. The van der Waals surface area contributed by atoms with E-state index >= 15 is 0 Å². The summed E-state index contributed by atoms with van der Waals surface area (Å²) in [6, 6.07) is 12.3. The Morgan fingerprint density at radius 3 is 2.50 bits per heavy atom. The molecule has 0 spiro atoms. The van der Waals surface area contributed by atoms with Crippen LogP contribution in [0.3, 0.4) is 0 Å². The van der Waals surface area contributed by atoms with Gasteiger partial charge in [-0.1, -0.05) is 18.2 Å². The Bertz CT molecular complexity index is 826. The molecular weight excluding hydrogens is 383 g/mol. The number of amides is 1. The molecule has 0 saturated carbocycles. The van der Waals surface area contributed by atoms with Crippen LogP contribution in [0.25, 0.3) is 0 Å². The van der Waals surface area contributed by atoms with Crippen LogP contribution in [0.4, 0.5) is 4.39 Å². The molecule has 0 bridgehead atoms. The number of hydrogen-bond acceptors (Lipinski definition) is 4. The Morgan fingerprint density at radius 1 is 1.07 bits per heavy atom. The molecule has 0 aliphatic carbocycles. The quantitative estimate of drug-likeness (QED) is 0.670. The van der Waals surface area contributed by atoms with Crippen LogP contribution in [0.2, 0.25) is 0 Å². The highest BCUT2D eigenvalue weighted by Crippen LogP contribution is 2.28. The van der Waals surface area contributed by atoms with E-state index in [1.807, 2.05) is 32.0 Å². The van der Waals surface area contributed by atoms with Gasteiger partial charge in [-0.2, -0.15) is 0 Å². The summed E-state index contributed by atoms with van der Waals surface area (Å²) in [5, 5.41) is 3.07. The fourth-order valence-electron chi connectivity index (χ4n) is 3.80. The summed E-state index contributed by atoms with van der Waals surface area (Å²) in [5.41, 5.74) is 2.05. The van der Waals surface area contributed by atoms with Crippen LogP contribution in [0, 0.1) is 11.7 Å². The molecule has 2 aromatic carbocycles. The van der Waals surface area contributed by atoms with Crippen molar-refractivity contribution in [1.29, 1.82) is 0 Å². The van der Waals surface area contributed by atoms with E-state index in [2.05, 4.69) is 10.2 Å². The van der Waals surface area contributed by atoms with Gasteiger partial charge in [-0.15, -0.1) is 0 Å². The molecule has 0 aromatic heterocycles. The summed E-state index contributed by atoms with van der Waals surface area (Å²) in [4.78, 5) is 15.0. The number of halogens is 1. The van der Waals surface area contributed by atoms with Crippen molar-refractivity contribution >= 4 is 5.91 Å². The van der Waals surface area contributed by atoms with Gasteiger partial charge in [0.1, 0.15) is 5.82 Å². The first-order valence-electron chi connectivity index (χ1n) is 10.7. The number of benzene rings is 2. The van der Waals surface area contributed by atoms with Gasteiger partial charge < -0.3 is 14.8 Å². The van der Waals surface area contributed by atoms with Crippen molar-refractivity contribution in [2.45, 2.75) is 39.8 Å². The van der Waals surface area contributed by atoms with Crippen LogP contribution in [0.5, 0.6) is 11.5 Å². The van der Waals surface area contributed by atoms with Crippen LogP contribution in [0.1, 0.15) is 37.8 Å². The van der Waals surface area contributed by atoms with Gasteiger partial charge in [-0.05, 0) is 68.6 Å². The van der Waals surface area contributed by atoms with Crippen molar-refractivity contribution in [3.05, 3.63) is 59.4 Å². The Labute approximate surface area is 178 Å². The van der Waals surface area contributed by atoms with Crippen molar-refractivity contribution < 1.29 is 18.7 Å². The monoisotopic (exact) mass is 414 g/mol. The van der Waals surface area contributed by atoms with Crippen molar-refractivity contribution in [3.63, 3.8) is 0 Å². The van der Waals surface area contributed by atoms with E-state index < -0.39 is 0 Å². The van der Waals surface area contributed by atoms with E-state index in [1.165, 1.54) is 12.1 Å². The summed E-state index contributed by atoms with van der Waals surface area (Å²) in [6.07, 6.45) is 1.87. The van der Waals surface area contributed by atoms with Gasteiger partial charge in [0, 0.05) is 19.6 Å². The molecule has 5 nitrogen and oxygen atoms in total. The first-order chi connectivity index (χ1) is 14.6. The molecule has 1 amide bonds. The third-order valence-electron chi connectivity index (χ3n) is 5.27. The number of piperidine rings is 1. The number of carbonyl (C=O) groups excluding carboxylic acids is 1. The Morgan fingerprint density at radius 2 is 1.77 bits per heavy atom. The van der Waals surface area contributed by atoms with Gasteiger partial charge in [0.2, 0.25) is 5.91 Å². The zero-order chi connectivity index (χ0) is 21.3. The minimum atomic E-state index is -0.226. The smallest absolute Gasteiger partial charge is 0.224 e. The first kappa shape index (κ1) is 22.1. The summed E-state index contributed by atoms with van der Waals surface area (Å²) in [7, 11) is 0. The zero-order valence-electron chi connectivity index (χ0n) is 17.8. The standard InChI is InChI=1S/C24H31FN2O3/c1-3-29-22-12-9-19(14-23(22)30-4-2)15-26-24(28)20-6-5-13-27(17-20)16-18-7-10-21(25)11-8-18/h7-12,14,20H,3-6,13,15-17H2,1-2H3,(H,26,28)/t20-/m0/s1. The SMILES string of the molecule is CCOc1ccc(CNC(=O)[C@H]2CCCN(Cc3ccc(F)cc3)C2)cc1OCC. The van der Waals surface area contributed by atoms with Gasteiger partial charge in [-0.25, -0.2) is 4.39 Å². The summed E-state index contributed by atoms with van der Waals surface area (Å²) >= 11 is 0. The lowest BCUT2D eigenvalue weighted by molar-refractivity contribution is -0.126. The normalized spacial score (nSPS) is 16.8. The average molecular weight is 415 g/mol. The van der Waals surface area contributed by atoms with Crippen molar-refractivity contribution in [3.8, 4) is 11.5 Å². The fourth-order valence-corrected chi connectivity index (χ4v) is 3.80. The second-order valence-corrected chi connectivity index (χ2v) is 7.57. The number of nitrogens with zero attached hydrogens (tertiary/aromatic N) is 1. The highest BCUT2D eigenvalue weighted by Gasteiger charge is 2.25. The topological polar surface area (TPSA) is 50.8 Å². The summed E-state index contributed by atoms with van der Waals surface area (Å²) in [6.45, 7) is 7.88. The second kappa shape index (κ2) is 11.0. The molecule has 1 aliphatic heterocycles. The molecule has 30 heavy (non-hydrogen) atoms. The van der Waals surface area contributed by atoms with E-state index in [0.717, 1.165) is 49.4 Å². The van der Waals surface area contributed by atoms with Gasteiger partial charge in [0.15, 0.2) is 11.5 Å². The van der Waals surface area contributed by atoms with Crippen molar-refractivity contribution in [2.24, 2.45) is 5.92 Å².